The zero-order valence-corrected chi connectivity index (χ0v) is 17.2. The second-order valence-electron chi connectivity index (χ2n) is 7.37. The molecule has 0 atom stereocenters. The van der Waals surface area contributed by atoms with Crippen LogP contribution in [0.25, 0.3) is 16.5 Å². The van der Waals surface area contributed by atoms with Crippen LogP contribution in [0.3, 0.4) is 0 Å². The summed E-state index contributed by atoms with van der Waals surface area (Å²) < 4.78 is 1.15. The van der Waals surface area contributed by atoms with Crippen molar-refractivity contribution in [3.63, 3.8) is 0 Å². The Morgan fingerprint density at radius 1 is 1.10 bits per heavy atom. The highest BCUT2D eigenvalue weighted by Gasteiger charge is 2.18. The van der Waals surface area contributed by atoms with Crippen molar-refractivity contribution in [3.05, 3.63) is 86.0 Å². The van der Waals surface area contributed by atoms with E-state index in [9.17, 15) is 14.4 Å². The molecule has 4 rings (SSSR count). The number of halogens is 1. The van der Waals surface area contributed by atoms with E-state index in [1.54, 1.807) is 18.2 Å². The van der Waals surface area contributed by atoms with Crippen LogP contribution in [0, 0.1) is 0 Å². The summed E-state index contributed by atoms with van der Waals surface area (Å²) in [7, 11) is 0. The zero-order chi connectivity index (χ0) is 21.1. The molecule has 0 unspecified atom stereocenters. The topological polar surface area (TPSA) is 75.2 Å². The van der Waals surface area contributed by atoms with Crippen molar-refractivity contribution in [2.75, 3.05) is 13.1 Å². The van der Waals surface area contributed by atoms with Crippen molar-refractivity contribution >= 4 is 34.0 Å². The van der Waals surface area contributed by atoms with E-state index in [0.717, 1.165) is 11.0 Å². The Hall–Kier alpha value is -3.12. The van der Waals surface area contributed by atoms with Gasteiger partial charge in [-0.1, -0.05) is 48.0 Å². The number of H-pyrrole nitrogens is 1. The second-order valence-corrected chi connectivity index (χ2v) is 7.80. The zero-order valence-electron chi connectivity index (χ0n) is 16.4. The van der Waals surface area contributed by atoms with E-state index in [1.807, 2.05) is 23.1 Å². The van der Waals surface area contributed by atoms with Crippen LogP contribution in [0.5, 0.6) is 0 Å². The predicted octanol–water partition coefficient (Wildman–Crippen LogP) is 3.44. The van der Waals surface area contributed by atoms with Gasteiger partial charge in [-0.2, -0.15) is 0 Å². The SMILES string of the molecule is O=C(CCCn1c(=O)[nH]c2cc(Cl)ccc2c1=O)N1CC=C(c2ccccc2)CC1. The van der Waals surface area contributed by atoms with Gasteiger partial charge in [0.25, 0.3) is 5.56 Å². The average Bonchev–Trinajstić information content (AvgIpc) is 2.76. The Bertz CT molecular complexity index is 1230. The lowest BCUT2D eigenvalue weighted by Gasteiger charge is -2.26. The molecule has 0 saturated carbocycles. The van der Waals surface area contributed by atoms with Crippen molar-refractivity contribution < 1.29 is 4.79 Å². The lowest BCUT2D eigenvalue weighted by Crippen LogP contribution is -2.37. The monoisotopic (exact) mass is 423 g/mol. The molecule has 2 aromatic carbocycles. The standard InChI is InChI=1S/C23H22ClN3O3/c24-18-8-9-19-20(15-18)25-23(30)27(22(19)29)12-4-7-21(28)26-13-10-17(11-14-26)16-5-2-1-3-6-16/h1-3,5-6,8-10,15H,4,7,11-14H2,(H,25,30). The van der Waals surface area contributed by atoms with Crippen LogP contribution in [0.2, 0.25) is 5.02 Å². The van der Waals surface area contributed by atoms with E-state index < -0.39 is 5.69 Å². The number of aromatic nitrogens is 2. The molecule has 0 bridgehead atoms. The minimum absolute atomic E-state index is 0.0374. The summed E-state index contributed by atoms with van der Waals surface area (Å²) in [5.74, 6) is 0.0374. The number of carbonyl (C=O) groups is 1. The van der Waals surface area contributed by atoms with E-state index >= 15 is 0 Å². The first kappa shape index (κ1) is 20.2. The van der Waals surface area contributed by atoms with Gasteiger partial charge in [-0.15, -0.1) is 0 Å². The number of rotatable bonds is 5. The summed E-state index contributed by atoms with van der Waals surface area (Å²) >= 11 is 5.92. The molecular formula is C23H22ClN3O3. The van der Waals surface area contributed by atoms with E-state index in [4.69, 9.17) is 11.6 Å². The molecule has 0 aliphatic carbocycles. The van der Waals surface area contributed by atoms with Crippen LogP contribution in [0.1, 0.15) is 24.8 Å². The lowest BCUT2D eigenvalue weighted by molar-refractivity contribution is -0.130. The van der Waals surface area contributed by atoms with E-state index in [1.165, 1.54) is 11.1 Å². The van der Waals surface area contributed by atoms with Gasteiger partial charge in [-0.3, -0.25) is 14.2 Å². The van der Waals surface area contributed by atoms with Gasteiger partial charge in [0.05, 0.1) is 10.9 Å². The number of carbonyl (C=O) groups excluding carboxylic acids is 1. The van der Waals surface area contributed by atoms with Crippen LogP contribution in [-0.2, 0) is 11.3 Å². The van der Waals surface area contributed by atoms with E-state index in [0.29, 0.717) is 41.9 Å². The maximum absolute atomic E-state index is 12.6. The smallest absolute Gasteiger partial charge is 0.328 e. The molecule has 1 aromatic heterocycles. The van der Waals surface area contributed by atoms with Gasteiger partial charge in [0.2, 0.25) is 5.91 Å². The van der Waals surface area contributed by atoms with E-state index in [-0.39, 0.29) is 18.0 Å². The molecule has 6 nitrogen and oxygen atoms in total. The largest absolute Gasteiger partial charge is 0.339 e. The van der Waals surface area contributed by atoms with Gasteiger partial charge in [-0.25, -0.2) is 4.79 Å². The molecule has 0 radical (unpaired) electrons. The van der Waals surface area contributed by atoms with E-state index in [2.05, 4.69) is 23.2 Å². The molecule has 2 heterocycles. The highest BCUT2D eigenvalue weighted by atomic mass is 35.5. The minimum atomic E-state index is -0.490. The third-order valence-electron chi connectivity index (χ3n) is 5.42. The number of hydrogen-bond acceptors (Lipinski definition) is 3. The second kappa shape index (κ2) is 8.71. The fourth-order valence-corrected chi connectivity index (χ4v) is 3.96. The predicted molar refractivity (Wildman–Crippen MR) is 119 cm³/mol. The molecular weight excluding hydrogens is 402 g/mol. The molecule has 0 fully saturated rings. The first-order valence-electron chi connectivity index (χ1n) is 9.97. The van der Waals surface area contributed by atoms with Crippen LogP contribution in [-0.4, -0.2) is 33.4 Å². The first-order chi connectivity index (χ1) is 14.5. The Morgan fingerprint density at radius 2 is 1.90 bits per heavy atom. The number of aromatic amines is 1. The van der Waals surface area contributed by atoms with Crippen LogP contribution in [0.4, 0.5) is 0 Å². The van der Waals surface area contributed by atoms with Crippen molar-refractivity contribution in [2.24, 2.45) is 0 Å². The molecule has 1 amide bonds. The molecule has 7 heteroatoms. The summed E-state index contributed by atoms with van der Waals surface area (Å²) in [5.41, 5.74) is 2.01. The van der Waals surface area contributed by atoms with Gasteiger partial charge in [0.1, 0.15) is 0 Å². The summed E-state index contributed by atoms with van der Waals surface area (Å²) in [4.78, 5) is 41.9. The maximum Gasteiger partial charge on any atom is 0.328 e. The third kappa shape index (κ3) is 4.24. The Balaban J connectivity index is 1.38. The summed E-state index contributed by atoms with van der Waals surface area (Å²) in [5, 5.41) is 0.854. The van der Waals surface area contributed by atoms with Crippen LogP contribution >= 0.6 is 11.6 Å². The molecule has 1 aliphatic rings. The molecule has 0 saturated heterocycles. The van der Waals surface area contributed by atoms with Crippen molar-refractivity contribution in [2.45, 2.75) is 25.8 Å². The number of benzene rings is 2. The van der Waals surface area contributed by atoms with Crippen LogP contribution < -0.4 is 11.2 Å². The van der Waals surface area contributed by atoms with Gasteiger partial charge in [-0.05, 0) is 42.2 Å². The molecule has 154 valence electrons. The normalized spacial score (nSPS) is 14.0. The quantitative estimate of drug-likeness (QED) is 0.683. The van der Waals surface area contributed by atoms with Crippen molar-refractivity contribution in [3.8, 4) is 0 Å². The number of nitrogens with zero attached hydrogens (tertiary/aromatic N) is 2. The Morgan fingerprint density at radius 3 is 2.63 bits per heavy atom. The number of hydrogen-bond donors (Lipinski definition) is 1. The molecule has 0 spiro atoms. The highest BCUT2D eigenvalue weighted by molar-refractivity contribution is 6.31. The first-order valence-corrected chi connectivity index (χ1v) is 10.4. The fourth-order valence-electron chi connectivity index (χ4n) is 3.79. The fraction of sp³-hybridized carbons (Fsp3) is 0.261. The van der Waals surface area contributed by atoms with Gasteiger partial charge in [0.15, 0.2) is 0 Å². The van der Waals surface area contributed by atoms with Gasteiger partial charge >= 0.3 is 5.69 Å². The average molecular weight is 424 g/mol. The Labute approximate surface area is 178 Å². The molecule has 3 aromatic rings. The molecule has 1 aliphatic heterocycles. The number of nitrogens with one attached hydrogen (secondary N) is 1. The van der Waals surface area contributed by atoms with Gasteiger partial charge in [0, 0.05) is 31.1 Å². The number of amides is 1. The van der Waals surface area contributed by atoms with Crippen molar-refractivity contribution in [1.82, 2.24) is 14.5 Å². The summed E-state index contributed by atoms with van der Waals surface area (Å²) in [6.45, 7) is 1.45. The number of fused-ring (bicyclic) bond motifs is 1. The van der Waals surface area contributed by atoms with Crippen molar-refractivity contribution in [1.29, 1.82) is 0 Å². The molecule has 1 N–H and O–H groups in total. The third-order valence-corrected chi connectivity index (χ3v) is 5.66. The summed E-state index contributed by atoms with van der Waals surface area (Å²) in [6.07, 6.45) is 3.63. The summed E-state index contributed by atoms with van der Waals surface area (Å²) in [6, 6.07) is 14.9. The maximum atomic E-state index is 12.6. The Kier molecular flexibility index (Phi) is 5.86. The minimum Gasteiger partial charge on any atom is -0.339 e. The van der Waals surface area contributed by atoms with Crippen LogP contribution in [0.15, 0.2) is 64.2 Å². The molecule has 30 heavy (non-hydrogen) atoms. The highest BCUT2D eigenvalue weighted by Crippen LogP contribution is 2.22. The van der Waals surface area contributed by atoms with Gasteiger partial charge < -0.3 is 9.88 Å². The lowest BCUT2D eigenvalue weighted by atomic mass is 9.99.